The summed E-state index contributed by atoms with van der Waals surface area (Å²) in [6, 6.07) is 13.5. The normalized spacial score (nSPS) is 10.4. The predicted octanol–water partition coefficient (Wildman–Crippen LogP) is 6.60. The molecule has 0 bridgehead atoms. The standard InChI is InChI=1S/C25H21Br2FN2O4/c1-3-32-25(31)13-18-12-21(28)20(26)11-16(18)9-10-33-22-14-19(29-2)8-7-17(22)15-34-24-6-4-5-23(27)30-24/h4-8,11-12,14H,3,9-10,13,15H2,1H3. The lowest BCUT2D eigenvalue weighted by Crippen LogP contribution is -2.12. The molecule has 0 atom stereocenters. The highest BCUT2D eigenvalue weighted by atomic mass is 79.9. The van der Waals surface area contributed by atoms with Crippen molar-refractivity contribution in [3.05, 3.63) is 91.5 Å². The first-order chi connectivity index (χ1) is 16.4. The van der Waals surface area contributed by atoms with Gasteiger partial charge in [-0.2, -0.15) is 0 Å². The van der Waals surface area contributed by atoms with Gasteiger partial charge in [0.1, 0.15) is 22.8 Å². The third-order valence-electron chi connectivity index (χ3n) is 4.76. The molecule has 0 saturated heterocycles. The number of aromatic nitrogens is 1. The molecule has 9 heteroatoms. The van der Waals surface area contributed by atoms with Crippen LogP contribution in [0.25, 0.3) is 4.85 Å². The summed E-state index contributed by atoms with van der Waals surface area (Å²) in [6.45, 7) is 9.72. The number of halogens is 3. The van der Waals surface area contributed by atoms with Gasteiger partial charge in [0.05, 0.1) is 30.7 Å². The van der Waals surface area contributed by atoms with Crippen molar-refractivity contribution < 1.29 is 23.4 Å². The molecular weight excluding hydrogens is 571 g/mol. The van der Waals surface area contributed by atoms with E-state index in [4.69, 9.17) is 20.8 Å². The van der Waals surface area contributed by atoms with E-state index in [2.05, 4.69) is 41.7 Å². The summed E-state index contributed by atoms with van der Waals surface area (Å²) in [5, 5.41) is 0. The third-order valence-corrected chi connectivity index (χ3v) is 5.81. The highest BCUT2D eigenvalue weighted by Gasteiger charge is 2.14. The topological polar surface area (TPSA) is 62.0 Å². The van der Waals surface area contributed by atoms with Crippen LogP contribution in [-0.2, 0) is 29.0 Å². The average Bonchev–Trinajstić information content (AvgIpc) is 2.81. The maximum atomic E-state index is 14.1. The Bertz CT molecular complexity index is 1210. The van der Waals surface area contributed by atoms with Crippen LogP contribution in [0.2, 0.25) is 0 Å². The Hall–Kier alpha value is -2.96. The Kier molecular flexibility index (Phi) is 9.42. The summed E-state index contributed by atoms with van der Waals surface area (Å²) in [4.78, 5) is 19.7. The zero-order valence-electron chi connectivity index (χ0n) is 18.3. The van der Waals surface area contributed by atoms with Crippen LogP contribution in [0.5, 0.6) is 11.6 Å². The van der Waals surface area contributed by atoms with Crippen LogP contribution < -0.4 is 9.47 Å². The first-order valence-electron chi connectivity index (χ1n) is 10.4. The zero-order valence-corrected chi connectivity index (χ0v) is 21.5. The number of rotatable bonds is 10. The summed E-state index contributed by atoms with van der Waals surface area (Å²) in [5.41, 5.74) is 2.49. The molecular formula is C25H21Br2FN2O4. The van der Waals surface area contributed by atoms with Crippen LogP contribution in [0.15, 0.2) is 57.6 Å². The van der Waals surface area contributed by atoms with Crippen molar-refractivity contribution in [3.8, 4) is 11.6 Å². The van der Waals surface area contributed by atoms with Gasteiger partial charge in [0.15, 0.2) is 5.69 Å². The summed E-state index contributed by atoms with van der Waals surface area (Å²) >= 11 is 6.51. The monoisotopic (exact) mass is 590 g/mol. The van der Waals surface area contributed by atoms with Crippen molar-refractivity contribution in [2.45, 2.75) is 26.4 Å². The van der Waals surface area contributed by atoms with Gasteiger partial charge in [0, 0.05) is 18.1 Å². The zero-order chi connectivity index (χ0) is 24.5. The van der Waals surface area contributed by atoms with Gasteiger partial charge in [-0.05, 0) is 74.2 Å². The molecule has 1 aromatic heterocycles. The lowest BCUT2D eigenvalue weighted by Gasteiger charge is -2.15. The molecule has 2 aromatic carbocycles. The van der Waals surface area contributed by atoms with Crippen molar-refractivity contribution in [1.82, 2.24) is 4.98 Å². The van der Waals surface area contributed by atoms with Gasteiger partial charge in [-0.3, -0.25) is 4.79 Å². The minimum absolute atomic E-state index is 0.0285. The number of esters is 1. The van der Waals surface area contributed by atoms with E-state index in [0.717, 1.165) is 11.1 Å². The Morgan fingerprint density at radius 2 is 1.91 bits per heavy atom. The Labute approximate surface area is 214 Å². The van der Waals surface area contributed by atoms with Crippen molar-refractivity contribution in [2.24, 2.45) is 0 Å². The molecule has 34 heavy (non-hydrogen) atoms. The number of carbonyl (C=O) groups excluding carboxylic acids is 1. The fraction of sp³-hybridized carbons (Fsp3) is 0.240. The summed E-state index contributed by atoms with van der Waals surface area (Å²) in [7, 11) is 0. The fourth-order valence-electron chi connectivity index (χ4n) is 3.15. The maximum Gasteiger partial charge on any atom is 0.310 e. The molecule has 6 nitrogen and oxygen atoms in total. The second kappa shape index (κ2) is 12.5. The summed E-state index contributed by atoms with van der Waals surface area (Å²) in [5.74, 6) is 0.0945. The lowest BCUT2D eigenvalue weighted by atomic mass is 10.0. The average molecular weight is 592 g/mol. The molecule has 0 aliphatic carbocycles. The number of benzene rings is 2. The molecule has 0 N–H and O–H groups in total. The number of hydrogen-bond acceptors (Lipinski definition) is 5. The van der Waals surface area contributed by atoms with E-state index in [-0.39, 0.29) is 26.2 Å². The van der Waals surface area contributed by atoms with Crippen LogP contribution in [0.3, 0.4) is 0 Å². The molecule has 0 radical (unpaired) electrons. The van der Waals surface area contributed by atoms with E-state index in [1.807, 2.05) is 6.07 Å². The van der Waals surface area contributed by atoms with Gasteiger partial charge >= 0.3 is 5.97 Å². The van der Waals surface area contributed by atoms with E-state index < -0.39 is 11.8 Å². The number of ether oxygens (including phenoxy) is 3. The van der Waals surface area contributed by atoms with E-state index >= 15 is 0 Å². The lowest BCUT2D eigenvalue weighted by molar-refractivity contribution is -0.142. The number of carbonyl (C=O) groups is 1. The highest BCUT2D eigenvalue weighted by Crippen LogP contribution is 2.28. The van der Waals surface area contributed by atoms with Crippen molar-refractivity contribution in [1.29, 1.82) is 0 Å². The quantitative estimate of drug-likeness (QED) is 0.151. The van der Waals surface area contributed by atoms with Crippen LogP contribution in [0.4, 0.5) is 10.1 Å². The summed E-state index contributed by atoms with van der Waals surface area (Å²) in [6.07, 6.45) is 0.392. The smallest absolute Gasteiger partial charge is 0.310 e. The predicted molar refractivity (Wildman–Crippen MR) is 133 cm³/mol. The molecule has 0 fully saturated rings. The van der Waals surface area contributed by atoms with Gasteiger partial charge in [0.25, 0.3) is 0 Å². The Balaban J connectivity index is 1.73. The molecule has 0 aliphatic heterocycles. The maximum absolute atomic E-state index is 14.1. The number of pyridine rings is 1. The van der Waals surface area contributed by atoms with Crippen LogP contribution in [0.1, 0.15) is 23.6 Å². The summed E-state index contributed by atoms with van der Waals surface area (Å²) < 4.78 is 31.8. The Morgan fingerprint density at radius 1 is 1.09 bits per heavy atom. The first kappa shape index (κ1) is 25.7. The van der Waals surface area contributed by atoms with E-state index in [1.165, 1.54) is 6.07 Å². The van der Waals surface area contributed by atoms with E-state index in [1.54, 1.807) is 43.3 Å². The van der Waals surface area contributed by atoms with Gasteiger partial charge in [-0.15, -0.1) is 0 Å². The molecule has 0 unspecified atom stereocenters. The molecule has 3 rings (SSSR count). The second-order valence-corrected chi connectivity index (χ2v) is 8.77. The molecule has 3 aromatic rings. The van der Waals surface area contributed by atoms with Gasteiger partial charge in [0.2, 0.25) is 5.88 Å². The molecule has 0 amide bonds. The molecule has 1 heterocycles. The second-order valence-electron chi connectivity index (χ2n) is 7.11. The largest absolute Gasteiger partial charge is 0.494 e. The van der Waals surface area contributed by atoms with Crippen LogP contribution >= 0.6 is 31.9 Å². The van der Waals surface area contributed by atoms with Crippen molar-refractivity contribution >= 4 is 43.5 Å². The fourth-order valence-corrected chi connectivity index (χ4v) is 3.87. The Morgan fingerprint density at radius 3 is 2.65 bits per heavy atom. The van der Waals surface area contributed by atoms with Crippen LogP contribution in [0, 0.1) is 12.4 Å². The van der Waals surface area contributed by atoms with Crippen molar-refractivity contribution in [3.63, 3.8) is 0 Å². The highest BCUT2D eigenvalue weighted by molar-refractivity contribution is 9.10. The van der Waals surface area contributed by atoms with Gasteiger partial charge < -0.3 is 14.2 Å². The van der Waals surface area contributed by atoms with Crippen LogP contribution in [-0.4, -0.2) is 24.2 Å². The van der Waals surface area contributed by atoms with E-state index in [0.29, 0.717) is 38.4 Å². The first-order valence-corrected chi connectivity index (χ1v) is 12.0. The minimum Gasteiger partial charge on any atom is -0.494 e. The molecule has 0 spiro atoms. The minimum atomic E-state index is -0.450. The SMILES string of the molecule is [C-]#[N+]c1ccc(COc2cccc(Br)n2)c(OCCc2cc(Br)c(F)cc2CC(=O)OCC)c1. The van der Waals surface area contributed by atoms with Gasteiger partial charge in [-0.1, -0.05) is 18.2 Å². The molecule has 0 aliphatic rings. The third kappa shape index (κ3) is 7.27. The number of nitrogens with zero attached hydrogens (tertiary/aromatic N) is 2. The van der Waals surface area contributed by atoms with Crippen molar-refractivity contribution in [2.75, 3.05) is 13.2 Å². The van der Waals surface area contributed by atoms with E-state index in [9.17, 15) is 9.18 Å². The van der Waals surface area contributed by atoms with Gasteiger partial charge in [-0.25, -0.2) is 14.2 Å². The molecule has 176 valence electrons. The number of hydrogen-bond donors (Lipinski definition) is 0. The molecule has 0 saturated carbocycles.